The van der Waals surface area contributed by atoms with E-state index in [1.165, 1.54) is 5.56 Å². The van der Waals surface area contributed by atoms with Gasteiger partial charge >= 0.3 is 0 Å². The molecule has 3 rings (SSSR count). The number of phenolic OH excluding ortho intramolecular Hbond substituents is 1. The summed E-state index contributed by atoms with van der Waals surface area (Å²) >= 11 is 0. The number of phenols is 1. The average Bonchev–Trinajstić information content (AvgIpc) is 3.30. The molecule has 3 heteroatoms. The van der Waals surface area contributed by atoms with Crippen molar-refractivity contribution in [2.75, 3.05) is 6.54 Å². The summed E-state index contributed by atoms with van der Waals surface area (Å²) in [5.74, 6) is 0.805. The van der Waals surface area contributed by atoms with Crippen LogP contribution < -0.4 is 5.32 Å². The summed E-state index contributed by atoms with van der Waals surface area (Å²) in [7, 11) is 0. The van der Waals surface area contributed by atoms with Crippen molar-refractivity contribution in [3.05, 3.63) is 65.7 Å². The monoisotopic (exact) mass is 281 g/mol. The molecule has 21 heavy (non-hydrogen) atoms. The van der Waals surface area contributed by atoms with Crippen LogP contribution in [-0.4, -0.2) is 17.6 Å². The Hall–Kier alpha value is -2.29. The van der Waals surface area contributed by atoms with E-state index < -0.39 is 0 Å². The summed E-state index contributed by atoms with van der Waals surface area (Å²) in [5, 5.41) is 12.3. The van der Waals surface area contributed by atoms with Crippen molar-refractivity contribution in [2.45, 2.75) is 18.8 Å². The van der Waals surface area contributed by atoms with Gasteiger partial charge in [0.1, 0.15) is 5.75 Å². The third kappa shape index (κ3) is 3.43. The Morgan fingerprint density at radius 3 is 2.52 bits per heavy atom. The average molecular weight is 281 g/mol. The van der Waals surface area contributed by atoms with Gasteiger partial charge in [-0.1, -0.05) is 42.5 Å². The highest BCUT2D eigenvalue weighted by Gasteiger charge is 2.43. The van der Waals surface area contributed by atoms with Crippen LogP contribution in [0.25, 0.3) is 0 Å². The molecule has 2 unspecified atom stereocenters. The molecular weight excluding hydrogens is 262 g/mol. The van der Waals surface area contributed by atoms with E-state index in [1.807, 2.05) is 30.3 Å². The Kier molecular flexibility index (Phi) is 3.91. The molecule has 1 aliphatic carbocycles. The smallest absolute Gasteiger partial charge is 0.223 e. The van der Waals surface area contributed by atoms with Crippen molar-refractivity contribution >= 4 is 5.91 Å². The third-order valence-corrected chi connectivity index (χ3v) is 4.00. The fraction of sp³-hybridized carbons (Fsp3) is 0.278. The molecule has 2 atom stereocenters. The van der Waals surface area contributed by atoms with Gasteiger partial charge in [0.05, 0.1) is 0 Å². The molecule has 1 saturated carbocycles. The van der Waals surface area contributed by atoms with Gasteiger partial charge in [-0.05, 0) is 42.0 Å². The van der Waals surface area contributed by atoms with Crippen LogP contribution in [-0.2, 0) is 11.2 Å². The van der Waals surface area contributed by atoms with Gasteiger partial charge in [-0.3, -0.25) is 4.79 Å². The van der Waals surface area contributed by atoms with Gasteiger partial charge in [0.2, 0.25) is 5.91 Å². The van der Waals surface area contributed by atoms with E-state index in [9.17, 15) is 9.90 Å². The zero-order valence-electron chi connectivity index (χ0n) is 11.8. The number of nitrogens with one attached hydrogen (secondary N) is 1. The molecule has 1 amide bonds. The van der Waals surface area contributed by atoms with Crippen LogP contribution >= 0.6 is 0 Å². The van der Waals surface area contributed by atoms with Crippen LogP contribution in [0.5, 0.6) is 5.75 Å². The second-order valence-corrected chi connectivity index (χ2v) is 5.57. The Labute approximate surface area is 124 Å². The maximum absolute atomic E-state index is 12.1. The van der Waals surface area contributed by atoms with Crippen LogP contribution in [0, 0.1) is 5.92 Å². The lowest BCUT2D eigenvalue weighted by Gasteiger charge is -2.05. The maximum atomic E-state index is 12.1. The normalized spacial score (nSPS) is 20.0. The summed E-state index contributed by atoms with van der Waals surface area (Å²) in [6.07, 6.45) is 1.77. The maximum Gasteiger partial charge on any atom is 0.223 e. The zero-order chi connectivity index (χ0) is 14.7. The number of hydrogen-bond acceptors (Lipinski definition) is 2. The van der Waals surface area contributed by atoms with Gasteiger partial charge in [0, 0.05) is 12.5 Å². The van der Waals surface area contributed by atoms with E-state index in [2.05, 4.69) is 17.4 Å². The van der Waals surface area contributed by atoms with Crippen LogP contribution in [0.2, 0.25) is 0 Å². The first-order chi connectivity index (χ1) is 10.2. The number of aromatic hydroxyl groups is 1. The van der Waals surface area contributed by atoms with Crippen LogP contribution in [0.15, 0.2) is 54.6 Å². The predicted molar refractivity (Wildman–Crippen MR) is 82.1 cm³/mol. The van der Waals surface area contributed by atoms with Gasteiger partial charge in [0.25, 0.3) is 0 Å². The van der Waals surface area contributed by atoms with Gasteiger partial charge < -0.3 is 10.4 Å². The lowest BCUT2D eigenvalue weighted by molar-refractivity contribution is -0.122. The van der Waals surface area contributed by atoms with Crippen LogP contribution in [0.1, 0.15) is 23.5 Å². The fourth-order valence-electron chi connectivity index (χ4n) is 2.68. The van der Waals surface area contributed by atoms with Crippen LogP contribution in [0.3, 0.4) is 0 Å². The highest BCUT2D eigenvalue weighted by atomic mass is 16.3. The standard InChI is InChI=1S/C18H19NO2/c20-15-8-6-14(7-9-15)16-12-17(16)18(21)19-11-10-13-4-2-1-3-5-13/h1-9,16-17,20H,10-12H2,(H,19,21). The topological polar surface area (TPSA) is 49.3 Å². The third-order valence-electron chi connectivity index (χ3n) is 4.00. The highest BCUT2D eigenvalue weighted by molar-refractivity contribution is 5.82. The number of benzene rings is 2. The van der Waals surface area contributed by atoms with Crippen molar-refractivity contribution in [1.82, 2.24) is 5.32 Å². The fourth-order valence-corrected chi connectivity index (χ4v) is 2.68. The number of amides is 1. The number of carbonyl (C=O) groups excluding carboxylic acids is 1. The second kappa shape index (κ2) is 6.00. The van der Waals surface area contributed by atoms with Gasteiger partial charge in [0.15, 0.2) is 0 Å². The number of hydrogen-bond donors (Lipinski definition) is 2. The van der Waals surface area contributed by atoms with E-state index in [-0.39, 0.29) is 17.6 Å². The molecule has 0 heterocycles. The molecule has 2 N–H and O–H groups in total. The summed E-state index contributed by atoms with van der Waals surface area (Å²) in [4.78, 5) is 12.1. The lowest BCUT2D eigenvalue weighted by atomic mass is 10.1. The van der Waals surface area contributed by atoms with Crippen LogP contribution in [0.4, 0.5) is 0 Å². The minimum atomic E-state index is 0.0883. The molecule has 108 valence electrons. The van der Waals surface area contributed by atoms with Crippen molar-refractivity contribution in [3.8, 4) is 5.75 Å². The van der Waals surface area contributed by atoms with Crippen molar-refractivity contribution in [3.63, 3.8) is 0 Å². The highest BCUT2D eigenvalue weighted by Crippen LogP contribution is 2.47. The largest absolute Gasteiger partial charge is 0.508 e. The van der Waals surface area contributed by atoms with Crippen molar-refractivity contribution in [2.24, 2.45) is 5.92 Å². The van der Waals surface area contributed by atoms with E-state index in [0.717, 1.165) is 18.4 Å². The molecule has 0 saturated heterocycles. The molecule has 0 radical (unpaired) electrons. The summed E-state index contributed by atoms with van der Waals surface area (Å²) in [6.45, 7) is 0.682. The summed E-state index contributed by atoms with van der Waals surface area (Å²) in [5.41, 5.74) is 2.37. The summed E-state index contributed by atoms with van der Waals surface area (Å²) in [6, 6.07) is 17.3. The minimum Gasteiger partial charge on any atom is -0.508 e. The summed E-state index contributed by atoms with van der Waals surface area (Å²) < 4.78 is 0. The molecule has 0 aliphatic heterocycles. The molecule has 1 fully saturated rings. The van der Waals surface area contributed by atoms with E-state index in [4.69, 9.17) is 0 Å². The van der Waals surface area contributed by atoms with Gasteiger partial charge in [-0.2, -0.15) is 0 Å². The zero-order valence-corrected chi connectivity index (χ0v) is 11.8. The van der Waals surface area contributed by atoms with Gasteiger partial charge in [-0.15, -0.1) is 0 Å². The quantitative estimate of drug-likeness (QED) is 0.885. The first-order valence-corrected chi connectivity index (χ1v) is 7.34. The first-order valence-electron chi connectivity index (χ1n) is 7.34. The number of rotatable bonds is 5. The Morgan fingerprint density at radius 1 is 1.10 bits per heavy atom. The molecule has 0 aromatic heterocycles. The first kappa shape index (κ1) is 13.7. The second-order valence-electron chi connectivity index (χ2n) is 5.57. The Bertz CT molecular complexity index is 607. The molecule has 3 nitrogen and oxygen atoms in total. The van der Waals surface area contributed by atoms with E-state index in [0.29, 0.717) is 12.5 Å². The molecule has 2 aromatic rings. The Morgan fingerprint density at radius 2 is 1.81 bits per heavy atom. The predicted octanol–water partition coefficient (Wildman–Crippen LogP) is 2.85. The SMILES string of the molecule is O=C(NCCc1ccccc1)C1CC1c1ccc(O)cc1. The Balaban J connectivity index is 1.46. The van der Waals surface area contributed by atoms with Crippen molar-refractivity contribution in [1.29, 1.82) is 0 Å². The molecule has 0 spiro atoms. The van der Waals surface area contributed by atoms with Crippen molar-refractivity contribution < 1.29 is 9.90 Å². The molecule has 1 aliphatic rings. The minimum absolute atomic E-state index is 0.0883. The number of carbonyl (C=O) groups is 1. The molecule has 0 bridgehead atoms. The van der Waals surface area contributed by atoms with E-state index in [1.54, 1.807) is 12.1 Å². The molecular formula is C18H19NO2. The lowest BCUT2D eigenvalue weighted by Crippen LogP contribution is -2.27. The van der Waals surface area contributed by atoms with E-state index >= 15 is 0 Å². The van der Waals surface area contributed by atoms with Gasteiger partial charge in [-0.25, -0.2) is 0 Å². The molecule has 2 aromatic carbocycles.